The summed E-state index contributed by atoms with van der Waals surface area (Å²) < 4.78 is 7.57. The van der Waals surface area contributed by atoms with E-state index in [2.05, 4.69) is 21.0 Å². The van der Waals surface area contributed by atoms with Gasteiger partial charge >= 0.3 is 6.03 Å². The number of carbonyl (C=O) groups is 1. The van der Waals surface area contributed by atoms with E-state index in [-0.39, 0.29) is 12.1 Å². The molecule has 2 amide bonds. The number of para-hydroxylation sites is 1. The Balaban J connectivity index is 1.39. The standard InChI is InChI=1S/C18H22ClN5O2/c19-14-3-1-2-13-15(7-11-26-17(13)14)21-18(25)22-16-6-10-24(23-16)12-4-8-20-9-5-12/h1-3,6,10,12,15,20H,4-5,7-9,11H2,(H2,21,22,23,25)/t15-/m0/s1. The van der Waals surface area contributed by atoms with Crippen molar-refractivity contribution in [2.75, 3.05) is 25.0 Å². The van der Waals surface area contributed by atoms with E-state index in [1.54, 1.807) is 6.07 Å². The second kappa shape index (κ2) is 7.55. The molecule has 3 heterocycles. The molecule has 1 aromatic carbocycles. The zero-order valence-corrected chi connectivity index (χ0v) is 15.1. The number of fused-ring (bicyclic) bond motifs is 1. The Labute approximate surface area is 157 Å². The molecule has 7 nitrogen and oxygen atoms in total. The largest absolute Gasteiger partial charge is 0.492 e. The molecule has 0 saturated carbocycles. The van der Waals surface area contributed by atoms with Crippen molar-refractivity contribution < 1.29 is 9.53 Å². The summed E-state index contributed by atoms with van der Waals surface area (Å²) in [6, 6.07) is 7.38. The number of benzene rings is 1. The average molecular weight is 376 g/mol. The van der Waals surface area contributed by atoms with Gasteiger partial charge in [-0.2, -0.15) is 5.10 Å². The summed E-state index contributed by atoms with van der Waals surface area (Å²) in [7, 11) is 0. The molecule has 138 valence electrons. The van der Waals surface area contributed by atoms with Crippen molar-refractivity contribution in [3.05, 3.63) is 41.0 Å². The van der Waals surface area contributed by atoms with Crippen LogP contribution in [0, 0.1) is 0 Å². The first kappa shape index (κ1) is 17.2. The van der Waals surface area contributed by atoms with Crippen LogP contribution in [-0.4, -0.2) is 35.5 Å². The molecule has 2 aromatic rings. The fourth-order valence-corrected chi connectivity index (χ4v) is 3.76. The highest BCUT2D eigenvalue weighted by Gasteiger charge is 2.25. The Bertz CT molecular complexity index is 788. The van der Waals surface area contributed by atoms with Crippen LogP contribution in [0.15, 0.2) is 30.5 Å². The fraction of sp³-hybridized carbons (Fsp3) is 0.444. The average Bonchev–Trinajstić information content (AvgIpc) is 3.12. The number of urea groups is 1. The van der Waals surface area contributed by atoms with Crippen molar-refractivity contribution in [2.24, 2.45) is 0 Å². The molecule has 26 heavy (non-hydrogen) atoms. The first-order valence-electron chi connectivity index (χ1n) is 8.95. The van der Waals surface area contributed by atoms with E-state index in [0.717, 1.165) is 31.5 Å². The molecule has 2 aliphatic heterocycles. The van der Waals surface area contributed by atoms with Gasteiger partial charge in [0.2, 0.25) is 0 Å². The maximum Gasteiger partial charge on any atom is 0.320 e. The summed E-state index contributed by atoms with van der Waals surface area (Å²) in [6.07, 6.45) is 4.72. The van der Waals surface area contributed by atoms with E-state index in [4.69, 9.17) is 16.3 Å². The van der Waals surface area contributed by atoms with Gasteiger partial charge in [-0.05, 0) is 32.0 Å². The summed E-state index contributed by atoms with van der Waals surface area (Å²) in [4.78, 5) is 12.4. The lowest BCUT2D eigenvalue weighted by molar-refractivity contribution is 0.232. The van der Waals surface area contributed by atoms with Crippen LogP contribution in [0.3, 0.4) is 0 Å². The zero-order chi connectivity index (χ0) is 17.9. The van der Waals surface area contributed by atoms with Crippen molar-refractivity contribution in [1.82, 2.24) is 20.4 Å². The minimum absolute atomic E-state index is 0.135. The Morgan fingerprint density at radius 1 is 1.27 bits per heavy atom. The summed E-state index contributed by atoms with van der Waals surface area (Å²) in [6.45, 7) is 2.52. The normalized spacial score (nSPS) is 20.1. The van der Waals surface area contributed by atoms with E-state index in [0.29, 0.717) is 35.7 Å². The SMILES string of the molecule is O=C(Nc1ccn(C2CCNCC2)n1)N[C@H]1CCOc2c(Cl)cccc21. The molecule has 2 aliphatic rings. The summed E-state index contributed by atoms with van der Waals surface area (Å²) in [5.74, 6) is 1.21. The molecule has 8 heteroatoms. The molecular formula is C18H22ClN5O2. The first-order chi connectivity index (χ1) is 12.7. The van der Waals surface area contributed by atoms with Gasteiger partial charge in [-0.15, -0.1) is 0 Å². The number of hydrogen-bond donors (Lipinski definition) is 3. The number of ether oxygens (including phenoxy) is 1. The van der Waals surface area contributed by atoms with Gasteiger partial charge in [0.25, 0.3) is 0 Å². The number of anilines is 1. The van der Waals surface area contributed by atoms with Crippen molar-refractivity contribution in [3.8, 4) is 5.75 Å². The molecule has 0 radical (unpaired) electrons. The van der Waals surface area contributed by atoms with Gasteiger partial charge in [0.15, 0.2) is 5.82 Å². The summed E-state index contributed by atoms with van der Waals surface area (Å²) in [5.41, 5.74) is 0.902. The third kappa shape index (κ3) is 3.64. The van der Waals surface area contributed by atoms with Crippen molar-refractivity contribution >= 4 is 23.4 Å². The van der Waals surface area contributed by atoms with Crippen LogP contribution < -0.4 is 20.7 Å². The molecule has 0 aliphatic carbocycles. The van der Waals surface area contributed by atoms with Crippen molar-refractivity contribution in [3.63, 3.8) is 0 Å². The third-order valence-electron chi connectivity index (χ3n) is 4.86. The predicted molar refractivity (Wildman–Crippen MR) is 99.8 cm³/mol. The van der Waals surface area contributed by atoms with Crippen LogP contribution in [0.1, 0.15) is 36.9 Å². The van der Waals surface area contributed by atoms with Gasteiger partial charge in [0.05, 0.1) is 23.7 Å². The maximum atomic E-state index is 12.4. The van der Waals surface area contributed by atoms with E-state index in [9.17, 15) is 4.79 Å². The number of rotatable bonds is 3. The van der Waals surface area contributed by atoms with E-state index >= 15 is 0 Å². The van der Waals surface area contributed by atoms with E-state index in [1.807, 2.05) is 29.1 Å². The van der Waals surface area contributed by atoms with Gasteiger partial charge < -0.3 is 15.4 Å². The minimum Gasteiger partial charge on any atom is -0.492 e. The molecule has 0 unspecified atom stereocenters. The summed E-state index contributed by atoms with van der Waals surface area (Å²) in [5, 5.41) is 14.2. The second-order valence-corrected chi connectivity index (χ2v) is 7.02. The second-order valence-electron chi connectivity index (χ2n) is 6.61. The summed E-state index contributed by atoms with van der Waals surface area (Å²) >= 11 is 6.18. The molecular weight excluding hydrogens is 354 g/mol. The smallest absolute Gasteiger partial charge is 0.320 e. The van der Waals surface area contributed by atoms with Gasteiger partial charge in [0.1, 0.15) is 5.75 Å². The quantitative estimate of drug-likeness (QED) is 0.770. The number of halogens is 1. The van der Waals surface area contributed by atoms with Gasteiger partial charge in [-0.25, -0.2) is 4.79 Å². The lowest BCUT2D eigenvalue weighted by atomic mass is 10.0. The van der Waals surface area contributed by atoms with Crippen molar-refractivity contribution in [1.29, 1.82) is 0 Å². The fourth-order valence-electron chi connectivity index (χ4n) is 3.53. The van der Waals surface area contributed by atoms with Crippen LogP contribution >= 0.6 is 11.6 Å². The molecule has 4 rings (SSSR count). The van der Waals surface area contributed by atoms with Crippen LogP contribution in [0.5, 0.6) is 5.75 Å². The first-order valence-corrected chi connectivity index (χ1v) is 9.33. The number of nitrogens with zero attached hydrogens (tertiary/aromatic N) is 2. The van der Waals surface area contributed by atoms with Gasteiger partial charge in [0, 0.05) is 24.2 Å². The number of nitrogens with one attached hydrogen (secondary N) is 3. The highest BCUT2D eigenvalue weighted by atomic mass is 35.5. The molecule has 1 atom stereocenters. The Morgan fingerprint density at radius 3 is 2.96 bits per heavy atom. The zero-order valence-electron chi connectivity index (χ0n) is 14.4. The molecule has 1 aromatic heterocycles. The number of amides is 2. The monoisotopic (exact) mass is 375 g/mol. The van der Waals surface area contributed by atoms with Gasteiger partial charge in [-0.1, -0.05) is 23.7 Å². The predicted octanol–water partition coefficient (Wildman–Crippen LogP) is 3.11. The molecule has 1 saturated heterocycles. The Hall–Kier alpha value is -2.25. The number of carbonyl (C=O) groups excluding carboxylic acids is 1. The minimum atomic E-state index is -0.279. The van der Waals surface area contributed by atoms with Crippen LogP contribution in [0.2, 0.25) is 5.02 Å². The Kier molecular flexibility index (Phi) is 4.99. The lowest BCUT2D eigenvalue weighted by Crippen LogP contribution is -2.35. The number of hydrogen-bond acceptors (Lipinski definition) is 4. The highest BCUT2D eigenvalue weighted by Crippen LogP contribution is 2.37. The molecule has 0 bridgehead atoms. The highest BCUT2D eigenvalue weighted by molar-refractivity contribution is 6.32. The topological polar surface area (TPSA) is 80.2 Å². The van der Waals surface area contributed by atoms with E-state index < -0.39 is 0 Å². The lowest BCUT2D eigenvalue weighted by Gasteiger charge is -2.27. The third-order valence-corrected chi connectivity index (χ3v) is 5.16. The van der Waals surface area contributed by atoms with Crippen LogP contribution in [-0.2, 0) is 0 Å². The molecule has 0 spiro atoms. The Morgan fingerprint density at radius 2 is 2.12 bits per heavy atom. The molecule has 3 N–H and O–H groups in total. The van der Waals surface area contributed by atoms with E-state index in [1.165, 1.54) is 0 Å². The number of piperidine rings is 1. The van der Waals surface area contributed by atoms with Crippen molar-refractivity contribution in [2.45, 2.75) is 31.3 Å². The van der Waals surface area contributed by atoms with Crippen LogP contribution in [0.4, 0.5) is 10.6 Å². The molecule has 1 fully saturated rings. The van der Waals surface area contributed by atoms with Gasteiger partial charge in [-0.3, -0.25) is 10.00 Å². The van der Waals surface area contributed by atoms with Crippen LogP contribution in [0.25, 0.3) is 0 Å². The number of aromatic nitrogens is 2. The maximum absolute atomic E-state index is 12.4.